The molecule has 0 saturated carbocycles. The number of carbonyl (C=O) groups excluding carboxylic acids is 2. The predicted octanol–water partition coefficient (Wildman–Crippen LogP) is 5.60. The van der Waals surface area contributed by atoms with Gasteiger partial charge >= 0.3 is 11.9 Å². The monoisotopic (exact) mass is 654 g/mol. The second-order valence-corrected chi connectivity index (χ2v) is 11.9. The van der Waals surface area contributed by atoms with Crippen LogP contribution in [-0.2, 0) is 28.5 Å². The number of aliphatic hydroxyl groups excluding tert-OH is 4. The zero-order chi connectivity index (χ0) is 33.8. The van der Waals surface area contributed by atoms with E-state index in [1.165, 1.54) is 0 Å². The van der Waals surface area contributed by atoms with Gasteiger partial charge in [0.1, 0.15) is 31.0 Å². The van der Waals surface area contributed by atoms with Crippen LogP contribution in [0.15, 0.2) is 36.5 Å². The van der Waals surface area contributed by atoms with Crippen LogP contribution >= 0.6 is 0 Å². The quantitative estimate of drug-likeness (QED) is 0.0501. The Morgan fingerprint density at radius 1 is 0.674 bits per heavy atom. The Labute approximate surface area is 276 Å². The highest BCUT2D eigenvalue weighted by molar-refractivity contribution is 5.70. The van der Waals surface area contributed by atoms with Crippen molar-refractivity contribution in [3.8, 4) is 0 Å². The van der Waals surface area contributed by atoms with Gasteiger partial charge in [0, 0.05) is 12.8 Å². The van der Waals surface area contributed by atoms with Gasteiger partial charge in [0.15, 0.2) is 12.4 Å². The molecule has 6 atom stereocenters. The van der Waals surface area contributed by atoms with Crippen LogP contribution in [0.1, 0.15) is 123 Å². The van der Waals surface area contributed by atoms with Gasteiger partial charge in [-0.3, -0.25) is 9.59 Å². The molecule has 10 heteroatoms. The second kappa shape index (κ2) is 28.0. The van der Waals surface area contributed by atoms with E-state index in [-0.39, 0.29) is 26.1 Å². The van der Waals surface area contributed by atoms with Crippen LogP contribution in [0, 0.1) is 0 Å². The van der Waals surface area contributed by atoms with Gasteiger partial charge < -0.3 is 39.4 Å². The lowest BCUT2D eigenvalue weighted by Crippen LogP contribution is -2.59. The van der Waals surface area contributed by atoms with E-state index in [2.05, 4.69) is 50.3 Å². The summed E-state index contributed by atoms with van der Waals surface area (Å²) in [5.74, 6) is -0.845. The lowest BCUT2D eigenvalue weighted by molar-refractivity contribution is -0.305. The summed E-state index contributed by atoms with van der Waals surface area (Å²) in [7, 11) is 0. The summed E-state index contributed by atoms with van der Waals surface area (Å²) in [4.78, 5) is 25.0. The Hall–Kier alpha value is -2.08. The van der Waals surface area contributed by atoms with Crippen molar-refractivity contribution in [1.29, 1.82) is 0 Å². The molecule has 0 aromatic carbocycles. The Bertz CT molecular complexity index is 856. The molecule has 46 heavy (non-hydrogen) atoms. The Morgan fingerprint density at radius 3 is 1.85 bits per heavy atom. The van der Waals surface area contributed by atoms with Gasteiger partial charge in [0.05, 0.1) is 13.2 Å². The van der Waals surface area contributed by atoms with Gasteiger partial charge in [-0.25, -0.2) is 0 Å². The van der Waals surface area contributed by atoms with Crippen LogP contribution in [0.5, 0.6) is 0 Å². The van der Waals surface area contributed by atoms with Crippen molar-refractivity contribution in [1.82, 2.24) is 0 Å². The topological polar surface area (TPSA) is 152 Å². The summed E-state index contributed by atoms with van der Waals surface area (Å²) in [6.45, 7) is 3.14. The van der Waals surface area contributed by atoms with Gasteiger partial charge in [-0.1, -0.05) is 88.8 Å². The first-order valence-electron chi connectivity index (χ1n) is 17.6. The maximum atomic E-state index is 12.6. The third-order valence-corrected chi connectivity index (χ3v) is 7.77. The number of hydrogen-bond acceptors (Lipinski definition) is 10. The molecular formula is C36H62O10. The first kappa shape index (κ1) is 41.9. The highest BCUT2D eigenvalue weighted by Gasteiger charge is 2.44. The molecule has 0 radical (unpaired) electrons. The zero-order valence-electron chi connectivity index (χ0n) is 28.3. The number of carbonyl (C=O) groups is 2. The van der Waals surface area contributed by atoms with Gasteiger partial charge in [-0.15, -0.1) is 0 Å². The van der Waals surface area contributed by atoms with Crippen LogP contribution in [0.3, 0.4) is 0 Å². The fourth-order valence-electron chi connectivity index (χ4n) is 4.99. The molecule has 266 valence electrons. The summed E-state index contributed by atoms with van der Waals surface area (Å²) >= 11 is 0. The average Bonchev–Trinajstić information content (AvgIpc) is 3.05. The summed E-state index contributed by atoms with van der Waals surface area (Å²) < 4.78 is 21.9. The maximum absolute atomic E-state index is 12.6. The number of allylic oxidation sites excluding steroid dienone is 6. The van der Waals surface area contributed by atoms with E-state index in [9.17, 15) is 30.0 Å². The molecule has 0 unspecified atom stereocenters. The molecule has 0 aliphatic carbocycles. The molecule has 0 aromatic rings. The molecule has 0 spiro atoms. The van der Waals surface area contributed by atoms with E-state index in [1.807, 2.05) is 0 Å². The number of aliphatic hydroxyl groups is 4. The number of ether oxygens (including phenoxy) is 4. The van der Waals surface area contributed by atoms with Crippen LogP contribution in [0.2, 0.25) is 0 Å². The molecule has 1 aliphatic heterocycles. The van der Waals surface area contributed by atoms with Crippen molar-refractivity contribution in [2.75, 3.05) is 19.8 Å². The van der Waals surface area contributed by atoms with Crippen molar-refractivity contribution in [2.45, 2.75) is 160 Å². The lowest BCUT2D eigenvalue weighted by atomic mass is 9.99. The smallest absolute Gasteiger partial charge is 0.306 e. The van der Waals surface area contributed by atoms with Crippen LogP contribution in [0.4, 0.5) is 0 Å². The molecule has 10 nitrogen and oxygen atoms in total. The fraction of sp³-hybridized carbons (Fsp3) is 0.778. The lowest BCUT2D eigenvalue weighted by Gasteiger charge is -2.39. The Balaban J connectivity index is 2.46. The van der Waals surface area contributed by atoms with Crippen molar-refractivity contribution in [3.05, 3.63) is 36.5 Å². The predicted molar refractivity (Wildman–Crippen MR) is 178 cm³/mol. The second-order valence-electron chi connectivity index (χ2n) is 11.9. The molecule has 1 rings (SSSR count). The van der Waals surface area contributed by atoms with Crippen LogP contribution in [-0.4, -0.2) is 89.0 Å². The van der Waals surface area contributed by atoms with Crippen molar-refractivity contribution < 1.29 is 49.0 Å². The molecule has 0 amide bonds. The SMILES string of the molecule is CC/C=C/C/C=C\CCCCCCCC(=O)O[C@H](COC(=O)CCCCCCC/C=C/CC)CO[C@@H]1O[C@H](CO)[C@H](O)[C@H](O)[C@H]1O. The molecule has 1 fully saturated rings. The number of unbranched alkanes of at least 4 members (excludes halogenated alkanes) is 10. The summed E-state index contributed by atoms with van der Waals surface area (Å²) in [6.07, 6.45) is 20.4. The van der Waals surface area contributed by atoms with Crippen molar-refractivity contribution >= 4 is 11.9 Å². The fourth-order valence-corrected chi connectivity index (χ4v) is 4.99. The molecule has 4 N–H and O–H groups in total. The first-order valence-corrected chi connectivity index (χ1v) is 17.6. The minimum absolute atomic E-state index is 0.211. The van der Waals surface area contributed by atoms with Gasteiger partial charge in [-0.05, 0) is 57.8 Å². The zero-order valence-corrected chi connectivity index (χ0v) is 28.3. The number of hydrogen-bond donors (Lipinski definition) is 4. The van der Waals surface area contributed by atoms with Crippen LogP contribution in [0.25, 0.3) is 0 Å². The molecular weight excluding hydrogens is 592 g/mol. The highest BCUT2D eigenvalue weighted by atomic mass is 16.7. The van der Waals surface area contributed by atoms with E-state index >= 15 is 0 Å². The van der Waals surface area contributed by atoms with Crippen LogP contribution < -0.4 is 0 Å². The minimum atomic E-state index is -1.60. The molecule has 1 aliphatic rings. The van der Waals surface area contributed by atoms with E-state index in [0.717, 1.165) is 83.5 Å². The average molecular weight is 655 g/mol. The largest absolute Gasteiger partial charge is 0.462 e. The number of rotatable bonds is 27. The Morgan fingerprint density at radius 2 is 1.22 bits per heavy atom. The van der Waals surface area contributed by atoms with E-state index in [1.54, 1.807) is 0 Å². The van der Waals surface area contributed by atoms with Gasteiger partial charge in [0.25, 0.3) is 0 Å². The molecule has 0 aromatic heterocycles. The van der Waals surface area contributed by atoms with E-state index in [0.29, 0.717) is 12.8 Å². The molecule has 0 bridgehead atoms. The number of esters is 2. The van der Waals surface area contributed by atoms with Gasteiger partial charge in [0.2, 0.25) is 0 Å². The summed E-state index contributed by atoms with van der Waals surface area (Å²) in [5, 5.41) is 39.8. The third kappa shape index (κ3) is 20.2. The van der Waals surface area contributed by atoms with Crippen molar-refractivity contribution in [2.24, 2.45) is 0 Å². The first-order chi connectivity index (χ1) is 22.3. The van der Waals surface area contributed by atoms with E-state index < -0.39 is 55.4 Å². The summed E-state index contributed by atoms with van der Waals surface area (Å²) in [6, 6.07) is 0. The standard InChI is InChI=1S/C36H62O10/c1-3-5-7-9-11-13-14-15-17-19-21-23-25-32(39)45-29(28-44-36-35(42)34(41)33(40)30(26-37)46-36)27-43-31(38)24-22-20-18-16-12-10-8-6-4-2/h5-8,11,13,29-30,33-37,40-42H,3-4,9-10,12,14-28H2,1-2H3/b7-5+,8-6+,13-11-/t29-,30-,33+,34+,35-,36-/m1/s1. The molecule has 1 saturated heterocycles. The maximum Gasteiger partial charge on any atom is 0.306 e. The Kier molecular flexibility index (Phi) is 25.5. The van der Waals surface area contributed by atoms with Crippen molar-refractivity contribution in [3.63, 3.8) is 0 Å². The minimum Gasteiger partial charge on any atom is -0.462 e. The highest BCUT2D eigenvalue weighted by Crippen LogP contribution is 2.22. The molecule has 1 heterocycles. The van der Waals surface area contributed by atoms with E-state index in [4.69, 9.17) is 18.9 Å². The van der Waals surface area contributed by atoms with Gasteiger partial charge in [-0.2, -0.15) is 0 Å². The normalized spacial score (nSPS) is 22.6. The summed E-state index contributed by atoms with van der Waals surface area (Å²) in [5.41, 5.74) is 0. The third-order valence-electron chi connectivity index (χ3n) is 7.77.